The van der Waals surface area contributed by atoms with Gasteiger partial charge in [0, 0.05) is 26.1 Å². The molecule has 0 atom stereocenters. The smallest absolute Gasteiger partial charge is 0.223 e. The third-order valence-electron chi connectivity index (χ3n) is 3.66. The molecule has 0 spiro atoms. The lowest BCUT2D eigenvalue weighted by molar-refractivity contribution is -0.133. The van der Waals surface area contributed by atoms with Crippen LogP contribution in [0.4, 0.5) is 0 Å². The van der Waals surface area contributed by atoms with E-state index in [4.69, 9.17) is 4.74 Å². The molecule has 0 aliphatic heterocycles. The fraction of sp³-hybridized carbons (Fsp3) is 0.917. The van der Waals surface area contributed by atoms with Crippen LogP contribution in [0.3, 0.4) is 0 Å². The van der Waals surface area contributed by atoms with Gasteiger partial charge in [-0.1, -0.05) is 0 Å². The number of carbonyl (C=O) groups is 1. The monoisotopic (exact) mass is 243 g/mol. The van der Waals surface area contributed by atoms with Crippen molar-refractivity contribution in [3.8, 4) is 0 Å². The number of amides is 1. The first kappa shape index (κ1) is 12.2. The average Bonchev–Trinajstić information content (AvgIpc) is 3.13. The van der Waals surface area contributed by atoms with Crippen LogP contribution in [0.25, 0.3) is 0 Å². The largest absolute Gasteiger partial charge is 0.383 e. The molecule has 1 amide bonds. The Morgan fingerprint density at radius 2 is 2.19 bits per heavy atom. The fourth-order valence-electron chi connectivity index (χ4n) is 2.08. The number of hydrogen-bond donors (Lipinski definition) is 1. The Balaban J connectivity index is 1.84. The molecule has 0 heterocycles. The molecule has 2 saturated carbocycles. The summed E-state index contributed by atoms with van der Waals surface area (Å²) in [5.41, 5.74) is 0.237. The van der Waals surface area contributed by atoms with E-state index in [1.54, 1.807) is 7.11 Å². The van der Waals surface area contributed by atoms with Crippen LogP contribution in [0.15, 0.2) is 0 Å². The highest BCUT2D eigenvalue weighted by molar-refractivity contribution is 7.80. The lowest BCUT2D eigenvalue weighted by Crippen LogP contribution is -2.37. The lowest BCUT2D eigenvalue weighted by Gasteiger charge is -2.24. The molecule has 2 aliphatic rings. The van der Waals surface area contributed by atoms with Gasteiger partial charge < -0.3 is 9.64 Å². The van der Waals surface area contributed by atoms with Crippen molar-refractivity contribution in [3.63, 3.8) is 0 Å². The molecule has 2 fully saturated rings. The van der Waals surface area contributed by atoms with Crippen LogP contribution in [0.2, 0.25) is 0 Å². The molecular formula is C12H21NO2S. The van der Waals surface area contributed by atoms with Crippen LogP contribution in [-0.4, -0.2) is 42.9 Å². The minimum atomic E-state index is 0.237. The van der Waals surface area contributed by atoms with Crippen molar-refractivity contribution in [1.29, 1.82) is 0 Å². The zero-order valence-corrected chi connectivity index (χ0v) is 10.8. The third-order valence-corrected chi connectivity index (χ3v) is 4.33. The number of carbonyl (C=O) groups excluding carboxylic acids is 1. The normalized spacial score (nSPS) is 21.9. The second kappa shape index (κ2) is 4.96. The molecule has 0 bridgehead atoms. The molecule has 0 aromatic heterocycles. The summed E-state index contributed by atoms with van der Waals surface area (Å²) in [6.07, 6.45) is 5.37. The molecule has 16 heavy (non-hydrogen) atoms. The number of methoxy groups -OCH3 is 1. The highest BCUT2D eigenvalue weighted by atomic mass is 32.1. The highest BCUT2D eigenvalue weighted by Crippen LogP contribution is 2.50. The zero-order chi connectivity index (χ0) is 11.6. The molecule has 0 aromatic rings. The van der Waals surface area contributed by atoms with Gasteiger partial charge in [-0.05, 0) is 36.9 Å². The summed E-state index contributed by atoms with van der Waals surface area (Å²) in [5.74, 6) is 1.16. The minimum Gasteiger partial charge on any atom is -0.383 e. The van der Waals surface area contributed by atoms with Crippen LogP contribution in [0.5, 0.6) is 0 Å². The Morgan fingerprint density at radius 1 is 1.50 bits per heavy atom. The first-order valence-electron chi connectivity index (χ1n) is 6.10. The second-order valence-electron chi connectivity index (χ2n) is 5.15. The Hall–Kier alpha value is -0.220. The fourth-order valence-corrected chi connectivity index (χ4v) is 2.50. The molecule has 0 saturated heterocycles. The van der Waals surface area contributed by atoms with Gasteiger partial charge in [0.05, 0.1) is 6.61 Å². The highest BCUT2D eigenvalue weighted by Gasteiger charge is 2.45. The van der Waals surface area contributed by atoms with Crippen molar-refractivity contribution in [2.24, 2.45) is 5.41 Å². The van der Waals surface area contributed by atoms with Gasteiger partial charge in [0.1, 0.15) is 0 Å². The Bertz CT molecular complexity index is 262. The summed E-state index contributed by atoms with van der Waals surface area (Å²) < 4.78 is 5.06. The van der Waals surface area contributed by atoms with Crippen molar-refractivity contribution in [1.82, 2.24) is 4.90 Å². The van der Waals surface area contributed by atoms with Gasteiger partial charge >= 0.3 is 0 Å². The summed E-state index contributed by atoms with van der Waals surface area (Å²) in [7, 11) is 1.69. The van der Waals surface area contributed by atoms with Gasteiger partial charge in [-0.2, -0.15) is 12.6 Å². The van der Waals surface area contributed by atoms with E-state index < -0.39 is 0 Å². The van der Waals surface area contributed by atoms with E-state index in [0.29, 0.717) is 25.0 Å². The van der Waals surface area contributed by atoms with E-state index in [-0.39, 0.29) is 5.41 Å². The molecule has 0 aromatic carbocycles. The van der Waals surface area contributed by atoms with Gasteiger partial charge in [-0.3, -0.25) is 4.79 Å². The van der Waals surface area contributed by atoms with E-state index in [9.17, 15) is 4.79 Å². The standard InChI is InChI=1S/C12H21NO2S/c1-15-7-6-13(10-2-3-10)11(14)8-12(9-16)4-5-12/h10,16H,2-9H2,1H3. The predicted octanol–water partition coefficient (Wildman–Crippen LogP) is 1.72. The number of thiol groups is 1. The van der Waals surface area contributed by atoms with E-state index in [1.165, 1.54) is 25.7 Å². The van der Waals surface area contributed by atoms with Crippen molar-refractivity contribution < 1.29 is 9.53 Å². The van der Waals surface area contributed by atoms with E-state index in [0.717, 1.165) is 12.3 Å². The molecular weight excluding hydrogens is 222 g/mol. The third kappa shape index (κ3) is 2.92. The summed E-state index contributed by atoms with van der Waals surface area (Å²) in [4.78, 5) is 14.2. The quantitative estimate of drug-likeness (QED) is 0.690. The summed E-state index contributed by atoms with van der Waals surface area (Å²) >= 11 is 4.35. The molecule has 2 aliphatic carbocycles. The molecule has 0 radical (unpaired) electrons. The maximum Gasteiger partial charge on any atom is 0.223 e. The zero-order valence-electron chi connectivity index (χ0n) is 9.95. The molecule has 4 heteroatoms. The van der Waals surface area contributed by atoms with Crippen LogP contribution in [0.1, 0.15) is 32.1 Å². The second-order valence-corrected chi connectivity index (χ2v) is 5.46. The summed E-state index contributed by atoms with van der Waals surface area (Å²) in [6.45, 7) is 1.40. The van der Waals surface area contributed by atoms with Crippen LogP contribution in [-0.2, 0) is 9.53 Å². The van der Waals surface area contributed by atoms with Crippen molar-refractivity contribution in [3.05, 3.63) is 0 Å². The van der Waals surface area contributed by atoms with Gasteiger partial charge in [-0.15, -0.1) is 0 Å². The van der Waals surface area contributed by atoms with Crippen molar-refractivity contribution in [2.45, 2.75) is 38.1 Å². The molecule has 0 N–H and O–H groups in total. The first-order chi connectivity index (χ1) is 7.71. The number of ether oxygens (including phenoxy) is 1. The molecule has 3 nitrogen and oxygen atoms in total. The van der Waals surface area contributed by atoms with E-state index in [1.807, 2.05) is 4.90 Å². The van der Waals surface area contributed by atoms with Crippen molar-refractivity contribution >= 4 is 18.5 Å². The van der Waals surface area contributed by atoms with Crippen molar-refractivity contribution in [2.75, 3.05) is 26.0 Å². The van der Waals surface area contributed by atoms with Gasteiger partial charge in [0.25, 0.3) is 0 Å². The Kier molecular flexibility index (Phi) is 3.80. The Morgan fingerprint density at radius 3 is 2.62 bits per heavy atom. The average molecular weight is 243 g/mol. The molecule has 0 unspecified atom stereocenters. The molecule has 2 rings (SSSR count). The maximum atomic E-state index is 12.2. The SMILES string of the molecule is COCCN(C(=O)CC1(CS)CC1)C1CC1. The number of hydrogen-bond acceptors (Lipinski definition) is 3. The summed E-state index contributed by atoms with van der Waals surface area (Å²) in [6, 6.07) is 0.498. The van der Waals surface area contributed by atoms with E-state index in [2.05, 4.69) is 12.6 Å². The lowest BCUT2D eigenvalue weighted by atomic mass is 10.0. The summed E-state index contributed by atoms with van der Waals surface area (Å²) in [5, 5.41) is 0. The van der Waals surface area contributed by atoms with Crippen LogP contribution < -0.4 is 0 Å². The first-order valence-corrected chi connectivity index (χ1v) is 6.73. The predicted molar refractivity (Wildman–Crippen MR) is 66.7 cm³/mol. The van der Waals surface area contributed by atoms with Crippen LogP contribution >= 0.6 is 12.6 Å². The van der Waals surface area contributed by atoms with Crippen LogP contribution in [0, 0.1) is 5.41 Å². The van der Waals surface area contributed by atoms with Gasteiger partial charge in [0.15, 0.2) is 0 Å². The van der Waals surface area contributed by atoms with Gasteiger partial charge in [0.2, 0.25) is 5.91 Å². The topological polar surface area (TPSA) is 29.5 Å². The minimum absolute atomic E-state index is 0.237. The van der Waals surface area contributed by atoms with E-state index >= 15 is 0 Å². The van der Waals surface area contributed by atoms with Gasteiger partial charge in [-0.25, -0.2) is 0 Å². The molecule has 92 valence electrons. The number of rotatable bonds is 7. The Labute approximate surface area is 103 Å². The number of nitrogens with zero attached hydrogens (tertiary/aromatic N) is 1. The maximum absolute atomic E-state index is 12.2.